The van der Waals surface area contributed by atoms with Gasteiger partial charge in [0.25, 0.3) is 0 Å². The van der Waals surface area contributed by atoms with Gasteiger partial charge in [-0.15, -0.1) is 0 Å². The van der Waals surface area contributed by atoms with Gasteiger partial charge in [-0.3, -0.25) is 0 Å². The van der Waals surface area contributed by atoms with Crippen LogP contribution in [0.2, 0.25) is 0 Å². The van der Waals surface area contributed by atoms with E-state index in [2.05, 4.69) is 58.9 Å². The van der Waals surface area contributed by atoms with Crippen LogP contribution in [0, 0.1) is 5.41 Å². The Labute approximate surface area is 96.4 Å². The molecule has 0 aromatic heterocycles. The molecule has 0 aliphatic carbocycles. The van der Waals surface area contributed by atoms with E-state index in [1.165, 1.54) is 19.4 Å². The summed E-state index contributed by atoms with van der Waals surface area (Å²) in [5, 5.41) is 3.64. The average Bonchev–Trinajstić information content (AvgIpc) is 1.93. The van der Waals surface area contributed by atoms with E-state index in [4.69, 9.17) is 0 Å². The number of nitrogens with zero attached hydrogens (tertiary/aromatic N) is 1. The van der Waals surface area contributed by atoms with Gasteiger partial charge in [-0.05, 0) is 59.3 Å². The van der Waals surface area contributed by atoms with Gasteiger partial charge in [0.05, 0.1) is 0 Å². The summed E-state index contributed by atoms with van der Waals surface area (Å²) in [5.74, 6) is 0. The summed E-state index contributed by atoms with van der Waals surface area (Å²) in [6.45, 7) is 13.8. The molecule has 0 saturated carbocycles. The monoisotopic (exact) mass is 214 g/mol. The first-order valence-electron chi connectivity index (χ1n) is 6.02. The van der Waals surface area contributed by atoms with Crippen LogP contribution in [0.5, 0.6) is 0 Å². The molecule has 0 amide bonds. The number of nitrogens with one attached hydrogen (secondary N) is 1. The van der Waals surface area contributed by atoms with Crippen molar-refractivity contribution >= 4 is 0 Å². The molecule has 92 valence electrons. The third-order valence-electron chi connectivity index (χ3n) is 2.36. The molecule has 0 aliphatic rings. The Morgan fingerprint density at radius 3 is 1.93 bits per heavy atom. The maximum Gasteiger partial charge on any atom is 0.0130 e. The standard InChI is InChI=1S/C13H30N2/c1-12(2,3)11-13(4,5)14-9-8-10-15(6)7/h14H,8-11H2,1-7H3. The van der Waals surface area contributed by atoms with Crippen molar-refractivity contribution in [2.45, 2.75) is 53.0 Å². The van der Waals surface area contributed by atoms with Gasteiger partial charge in [0.15, 0.2) is 0 Å². The van der Waals surface area contributed by atoms with Crippen LogP contribution in [0.3, 0.4) is 0 Å². The number of rotatable bonds is 6. The van der Waals surface area contributed by atoms with Crippen molar-refractivity contribution in [3.63, 3.8) is 0 Å². The van der Waals surface area contributed by atoms with Crippen LogP contribution in [-0.2, 0) is 0 Å². The molecule has 0 spiro atoms. The topological polar surface area (TPSA) is 15.3 Å². The zero-order valence-corrected chi connectivity index (χ0v) is 11.8. The third kappa shape index (κ3) is 10.2. The minimum atomic E-state index is 0.255. The summed E-state index contributed by atoms with van der Waals surface area (Å²) in [6, 6.07) is 0. The lowest BCUT2D eigenvalue weighted by atomic mass is 9.82. The van der Waals surface area contributed by atoms with Gasteiger partial charge < -0.3 is 10.2 Å². The Balaban J connectivity index is 3.74. The molecule has 0 radical (unpaired) electrons. The minimum Gasteiger partial charge on any atom is -0.312 e. The van der Waals surface area contributed by atoms with E-state index in [0.29, 0.717) is 5.41 Å². The summed E-state index contributed by atoms with van der Waals surface area (Å²) in [4.78, 5) is 2.23. The second kappa shape index (κ2) is 5.86. The van der Waals surface area contributed by atoms with E-state index in [-0.39, 0.29) is 5.54 Å². The Morgan fingerprint density at radius 1 is 1.00 bits per heavy atom. The molecule has 0 aliphatic heterocycles. The van der Waals surface area contributed by atoms with Gasteiger partial charge in [-0.2, -0.15) is 0 Å². The van der Waals surface area contributed by atoms with E-state index in [1.54, 1.807) is 0 Å². The molecular weight excluding hydrogens is 184 g/mol. The zero-order chi connectivity index (χ0) is 12.1. The molecule has 0 fully saturated rings. The maximum atomic E-state index is 3.64. The van der Waals surface area contributed by atoms with Gasteiger partial charge in [-0.25, -0.2) is 0 Å². The maximum absolute atomic E-state index is 3.64. The van der Waals surface area contributed by atoms with E-state index < -0.39 is 0 Å². The first-order chi connectivity index (χ1) is 6.62. The quantitative estimate of drug-likeness (QED) is 0.684. The highest BCUT2D eigenvalue weighted by Crippen LogP contribution is 2.26. The predicted molar refractivity (Wildman–Crippen MR) is 69.3 cm³/mol. The van der Waals surface area contributed by atoms with E-state index in [9.17, 15) is 0 Å². The molecule has 2 nitrogen and oxygen atoms in total. The van der Waals surface area contributed by atoms with Gasteiger partial charge >= 0.3 is 0 Å². The summed E-state index contributed by atoms with van der Waals surface area (Å²) in [7, 11) is 4.25. The largest absolute Gasteiger partial charge is 0.312 e. The molecule has 0 unspecified atom stereocenters. The highest BCUT2D eigenvalue weighted by molar-refractivity contribution is 4.83. The van der Waals surface area contributed by atoms with E-state index >= 15 is 0 Å². The second-order valence-corrected chi connectivity index (χ2v) is 6.70. The lowest BCUT2D eigenvalue weighted by Crippen LogP contribution is -2.43. The van der Waals surface area contributed by atoms with E-state index in [1.807, 2.05) is 0 Å². The average molecular weight is 214 g/mol. The molecule has 0 rings (SSSR count). The molecule has 0 atom stereocenters. The van der Waals surface area contributed by atoms with Crippen LogP contribution in [0.4, 0.5) is 0 Å². The van der Waals surface area contributed by atoms with Crippen LogP contribution in [0.1, 0.15) is 47.5 Å². The SMILES string of the molecule is CN(C)CCCNC(C)(C)CC(C)(C)C. The summed E-state index contributed by atoms with van der Waals surface area (Å²) in [6.07, 6.45) is 2.43. The molecule has 2 heteroatoms. The molecule has 0 aromatic carbocycles. The van der Waals surface area contributed by atoms with Crippen molar-refractivity contribution < 1.29 is 0 Å². The Hall–Kier alpha value is -0.0800. The van der Waals surface area contributed by atoms with Crippen molar-refractivity contribution in [3.05, 3.63) is 0 Å². The van der Waals surface area contributed by atoms with Gasteiger partial charge in [0.2, 0.25) is 0 Å². The fraction of sp³-hybridized carbons (Fsp3) is 1.00. The van der Waals surface area contributed by atoms with Crippen LogP contribution in [-0.4, -0.2) is 37.6 Å². The van der Waals surface area contributed by atoms with Crippen LogP contribution < -0.4 is 5.32 Å². The van der Waals surface area contributed by atoms with Gasteiger partial charge in [0.1, 0.15) is 0 Å². The summed E-state index contributed by atoms with van der Waals surface area (Å²) >= 11 is 0. The first-order valence-corrected chi connectivity index (χ1v) is 6.02. The third-order valence-corrected chi connectivity index (χ3v) is 2.36. The Morgan fingerprint density at radius 2 is 1.53 bits per heavy atom. The predicted octanol–water partition coefficient (Wildman–Crippen LogP) is 2.74. The molecule has 1 N–H and O–H groups in total. The highest BCUT2D eigenvalue weighted by Gasteiger charge is 2.24. The lowest BCUT2D eigenvalue weighted by Gasteiger charge is -2.33. The Kier molecular flexibility index (Phi) is 5.82. The molecule has 0 heterocycles. The summed E-state index contributed by atoms with van der Waals surface area (Å²) < 4.78 is 0. The molecule has 0 aromatic rings. The van der Waals surface area contributed by atoms with Crippen molar-refractivity contribution in [2.75, 3.05) is 27.2 Å². The fourth-order valence-electron chi connectivity index (χ4n) is 2.21. The van der Waals surface area contributed by atoms with Crippen molar-refractivity contribution in [2.24, 2.45) is 5.41 Å². The van der Waals surface area contributed by atoms with Crippen molar-refractivity contribution in [3.8, 4) is 0 Å². The second-order valence-electron chi connectivity index (χ2n) is 6.70. The Bertz CT molecular complexity index is 166. The van der Waals surface area contributed by atoms with Crippen LogP contribution in [0.15, 0.2) is 0 Å². The molecular formula is C13H30N2. The van der Waals surface area contributed by atoms with Gasteiger partial charge in [0, 0.05) is 5.54 Å². The highest BCUT2D eigenvalue weighted by atomic mass is 15.1. The minimum absolute atomic E-state index is 0.255. The summed E-state index contributed by atoms with van der Waals surface area (Å²) in [5.41, 5.74) is 0.655. The number of hydrogen-bond acceptors (Lipinski definition) is 2. The zero-order valence-electron chi connectivity index (χ0n) is 11.8. The molecule has 0 bridgehead atoms. The first kappa shape index (κ1) is 14.9. The molecule has 0 saturated heterocycles. The number of hydrogen-bond donors (Lipinski definition) is 1. The van der Waals surface area contributed by atoms with Crippen molar-refractivity contribution in [1.29, 1.82) is 0 Å². The fourth-order valence-corrected chi connectivity index (χ4v) is 2.21. The molecule has 15 heavy (non-hydrogen) atoms. The van der Waals surface area contributed by atoms with Crippen LogP contribution in [0.25, 0.3) is 0 Å². The smallest absolute Gasteiger partial charge is 0.0130 e. The van der Waals surface area contributed by atoms with Gasteiger partial charge in [-0.1, -0.05) is 20.8 Å². The van der Waals surface area contributed by atoms with Crippen molar-refractivity contribution in [1.82, 2.24) is 10.2 Å². The van der Waals surface area contributed by atoms with E-state index in [0.717, 1.165) is 6.54 Å². The normalized spacial score (nSPS) is 13.6. The lowest BCUT2D eigenvalue weighted by molar-refractivity contribution is 0.239. The van der Waals surface area contributed by atoms with Crippen LogP contribution >= 0.6 is 0 Å².